The number of amides is 1. The molecule has 0 fully saturated rings. The van der Waals surface area contributed by atoms with Crippen molar-refractivity contribution in [2.75, 3.05) is 19.5 Å². The number of aryl methyl sites for hydroxylation is 1. The molecule has 3 rings (SSSR count). The summed E-state index contributed by atoms with van der Waals surface area (Å²) in [5, 5.41) is 3.98. The maximum Gasteiger partial charge on any atom is 0.255 e. The summed E-state index contributed by atoms with van der Waals surface area (Å²) in [5.74, 6) is 0.926. The van der Waals surface area contributed by atoms with Crippen LogP contribution in [0.15, 0.2) is 48.7 Å². The van der Waals surface area contributed by atoms with E-state index in [1.807, 2.05) is 42.1 Å². The monoisotopic (exact) mass is 310 g/mol. The van der Waals surface area contributed by atoms with E-state index in [0.717, 1.165) is 16.6 Å². The molecule has 0 atom stereocenters. The molecular weight excluding hydrogens is 292 g/mol. The molecule has 0 saturated heterocycles. The number of aromatic nitrogens is 1. The van der Waals surface area contributed by atoms with Crippen molar-refractivity contribution in [1.29, 1.82) is 0 Å². The molecule has 0 aliphatic heterocycles. The minimum Gasteiger partial charge on any atom is -0.493 e. The zero-order chi connectivity index (χ0) is 16.4. The third-order valence-electron chi connectivity index (χ3n) is 3.79. The minimum atomic E-state index is -0.193. The van der Waals surface area contributed by atoms with Gasteiger partial charge in [-0.05, 0) is 42.5 Å². The predicted molar refractivity (Wildman–Crippen MR) is 90.4 cm³/mol. The van der Waals surface area contributed by atoms with Crippen molar-refractivity contribution in [3.8, 4) is 11.5 Å². The average Bonchev–Trinajstić information content (AvgIpc) is 2.94. The molecule has 0 saturated carbocycles. The zero-order valence-electron chi connectivity index (χ0n) is 13.3. The summed E-state index contributed by atoms with van der Waals surface area (Å²) in [4.78, 5) is 12.4. The van der Waals surface area contributed by atoms with Crippen molar-refractivity contribution < 1.29 is 14.3 Å². The molecule has 5 heteroatoms. The number of hydrogen-bond acceptors (Lipinski definition) is 3. The van der Waals surface area contributed by atoms with Gasteiger partial charge in [0.1, 0.15) is 0 Å². The molecule has 0 spiro atoms. The summed E-state index contributed by atoms with van der Waals surface area (Å²) >= 11 is 0. The molecule has 23 heavy (non-hydrogen) atoms. The van der Waals surface area contributed by atoms with Crippen LogP contribution >= 0.6 is 0 Å². The summed E-state index contributed by atoms with van der Waals surface area (Å²) in [6.07, 6.45) is 1.99. The van der Waals surface area contributed by atoms with E-state index in [2.05, 4.69) is 5.32 Å². The van der Waals surface area contributed by atoms with Crippen LogP contribution < -0.4 is 14.8 Å². The molecule has 3 aromatic rings. The molecule has 0 aliphatic carbocycles. The lowest BCUT2D eigenvalue weighted by molar-refractivity contribution is 0.102. The number of ether oxygens (including phenoxy) is 2. The van der Waals surface area contributed by atoms with Crippen molar-refractivity contribution in [2.24, 2.45) is 7.05 Å². The van der Waals surface area contributed by atoms with Gasteiger partial charge in [-0.1, -0.05) is 0 Å². The lowest BCUT2D eigenvalue weighted by Crippen LogP contribution is -2.12. The normalized spacial score (nSPS) is 10.6. The Hall–Kier alpha value is -2.95. The van der Waals surface area contributed by atoms with E-state index in [1.54, 1.807) is 32.4 Å². The predicted octanol–water partition coefficient (Wildman–Crippen LogP) is 3.45. The van der Waals surface area contributed by atoms with Gasteiger partial charge in [0.15, 0.2) is 11.5 Å². The summed E-state index contributed by atoms with van der Waals surface area (Å²) < 4.78 is 12.4. The minimum absolute atomic E-state index is 0.193. The Kier molecular flexibility index (Phi) is 3.93. The molecular formula is C18H18N2O3. The average molecular weight is 310 g/mol. The molecule has 0 unspecified atom stereocenters. The van der Waals surface area contributed by atoms with Crippen LogP contribution in [0, 0.1) is 0 Å². The topological polar surface area (TPSA) is 52.5 Å². The lowest BCUT2D eigenvalue weighted by Gasteiger charge is -2.10. The van der Waals surface area contributed by atoms with Crippen molar-refractivity contribution >= 4 is 22.5 Å². The Bertz CT molecular complexity index is 868. The third-order valence-corrected chi connectivity index (χ3v) is 3.79. The molecule has 1 amide bonds. The van der Waals surface area contributed by atoms with Gasteiger partial charge in [0.25, 0.3) is 5.91 Å². The van der Waals surface area contributed by atoms with Crippen molar-refractivity contribution in [1.82, 2.24) is 4.57 Å². The quantitative estimate of drug-likeness (QED) is 0.803. The molecule has 1 N–H and O–H groups in total. The Morgan fingerprint density at radius 3 is 2.52 bits per heavy atom. The lowest BCUT2D eigenvalue weighted by atomic mass is 10.1. The van der Waals surface area contributed by atoms with Gasteiger partial charge in [-0.25, -0.2) is 0 Å². The molecule has 0 aliphatic rings. The fourth-order valence-electron chi connectivity index (χ4n) is 2.54. The van der Waals surface area contributed by atoms with Crippen molar-refractivity contribution in [3.63, 3.8) is 0 Å². The Balaban J connectivity index is 1.85. The van der Waals surface area contributed by atoms with Crippen molar-refractivity contribution in [3.05, 3.63) is 54.2 Å². The molecule has 5 nitrogen and oxygen atoms in total. The molecule has 2 aromatic carbocycles. The second-order valence-electron chi connectivity index (χ2n) is 5.22. The van der Waals surface area contributed by atoms with Crippen LogP contribution in [0.4, 0.5) is 5.69 Å². The number of hydrogen-bond donors (Lipinski definition) is 1. The van der Waals surface area contributed by atoms with Crippen LogP contribution in [0.3, 0.4) is 0 Å². The van der Waals surface area contributed by atoms with Gasteiger partial charge < -0.3 is 19.4 Å². The number of carbonyl (C=O) groups excluding carboxylic acids is 1. The van der Waals surface area contributed by atoms with E-state index < -0.39 is 0 Å². The van der Waals surface area contributed by atoms with Crippen LogP contribution in [0.1, 0.15) is 10.4 Å². The van der Waals surface area contributed by atoms with Crippen LogP contribution in [-0.4, -0.2) is 24.7 Å². The number of rotatable bonds is 4. The van der Waals surface area contributed by atoms with E-state index in [-0.39, 0.29) is 5.91 Å². The maximum atomic E-state index is 12.4. The molecule has 0 radical (unpaired) electrons. The standard InChI is InChI=1S/C18H18N2O3/c1-20-9-8-12-10-14(5-6-15(12)20)19-18(21)13-4-7-16(22-2)17(11-13)23-3/h4-11H,1-3H3,(H,19,21). The summed E-state index contributed by atoms with van der Waals surface area (Å²) in [6, 6.07) is 12.9. The van der Waals surface area contributed by atoms with Gasteiger partial charge in [0, 0.05) is 35.4 Å². The number of anilines is 1. The van der Waals surface area contributed by atoms with E-state index in [0.29, 0.717) is 17.1 Å². The van der Waals surface area contributed by atoms with Crippen LogP contribution in [0.25, 0.3) is 10.9 Å². The molecule has 118 valence electrons. The second-order valence-corrected chi connectivity index (χ2v) is 5.22. The van der Waals surface area contributed by atoms with E-state index in [9.17, 15) is 4.79 Å². The highest BCUT2D eigenvalue weighted by molar-refractivity contribution is 6.05. The van der Waals surface area contributed by atoms with Gasteiger partial charge in [-0.2, -0.15) is 0 Å². The third kappa shape index (κ3) is 2.85. The van der Waals surface area contributed by atoms with E-state index >= 15 is 0 Å². The fraction of sp³-hybridized carbons (Fsp3) is 0.167. The number of nitrogens with zero attached hydrogens (tertiary/aromatic N) is 1. The van der Waals surface area contributed by atoms with Crippen LogP contribution in [0.5, 0.6) is 11.5 Å². The van der Waals surface area contributed by atoms with Gasteiger partial charge in [0.05, 0.1) is 14.2 Å². The summed E-state index contributed by atoms with van der Waals surface area (Å²) in [5.41, 5.74) is 2.38. The van der Waals surface area contributed by atoms with E-state index in [1.165, 1.54) is 0 Å². The fourth-order valence-corrected chi connectivity index (χ4v) is 2.54. The number of fused-ring (bicyclic) bond motifs is 1. The second kappa shape index (κ2) is 6.04. The Morgan fingerprint density at radius 2 is 1.78 bits per heavy atom. The SMILES string of the molecule is COc1ccc(C(=O)Nc2ccc3c(ccn3C)c2)cc1OC. The molecule has 0 bridgehead atoms. The maximum absolute atomic E-state index is 12.4. The highest BCUT2D eigenvalue weighted by Gasteiger charge is 2.11. The highest BCUT2D eigenvalue weighted by atomic mass is 16.5. The van der Waals surface area contributed by atoms with Crippen LogP contribution in [-0.2, 0) is 7.05 Å². The molecule has 1 aromatic heterocycles. The summed E-state index contributed by atoms with van der Waals surface area (Å²) in [6.45, 7) is 0. The smallest absolute Gasteiger partial charge is 0.255 e. The number of benzene rings is 2. The largest absolute Gasteiger partial charge is 0.493 e. The van der Waals surface area contributed by atoms with Gasteiger partial charge in [0.2, 0.25) is 0 Å². The number of methoxy groups -OCH3 is 2. The Labute approximate surface area is 134 Å². The van der Waals surface area contributed by atoms with Gasteiger partial charge in [-0.15, -0.1) is 0 Å². The van der Waals surface area contributed by atoms with Gasteiger partial charge >= 0.3 is 0 Å². The first-order valence-corrected chi connectivity index (χ1v) is 7.21. The first-order valence-electron chi connectivity index (χ1n) is 7.21. The zero-order valence-corrected chi connectivity index (χ0v) is 13.3. The first-order chi connectivity index (χ1) is 11.1. The first kappa shape index (κ1) is 15.0. The summed E-state index contributed by atoms with van der Waals surface area (Å²) in [7, 11) is 5.10. The number of carbonyl (C=O) groups is 1. The van der Waals surface area contributed by atoms with Crippen molar-refractivity contribution in [2.45, 2.75) is 0 Å². The van der Waals surface area contributed by atoms with E-state index in [4.69, 9.17) is 9.47 Å². The van der Waals surface area contributed by atoms with Crippen LogP contribution in [0.2, 0.25) is 0 Å². The van der Waals surface area contributed by atoms with Gasteiger partial charge in [-0.3, -0.25) is 4.79 Å². The molecule has 1 heterocycles. The highest BCUT2D eigenvalue weighted by Crippen LogP contribution is 2.28. The Morgan fingerprint density at radius 1 is 1.00 bits per heavy atom. The number of nitrogens with one attached hydrogen (secondary N) is 1.